The Kier molecular flexibility index (Phi) is 5.26. The number of fused-ring (bicyclic) bond motifs is 1. The van der Waals surface area contributed by atoms with E-state index in [0.717, 1.165) is 24.1 Å². The summed E-state index contributed by atoms with van der Waals surface area (Å²) in [6.45, 7) is 3.79. The smallest absolute Gasteiger partial charge is 0.274 e. The normalized spacial score (nSPS) is 13.0. The highest BCUT2D eigenvalue weighted by Gasteiger charge is 2.30. The average Bonchev–Trinajstić information content (AvgIpc) is 3.54. The molecule has 2 N–H and O–H groups in total. The van der Waals surface area contributed by atoms with Crippen LogP contribution in [0.25, 0.3) is 5.65 Å². The molecule has 0 radical (unpaired) electrons. The number of ether oxygens (including phenoxy) is 1. The van der Waals surface area contributed by atoms with E-state index >= 15 is 0 Å². The Hall–Kier alpha value is -4.20. The molecule has 166 valence electrons. The minimum Gasteiger partial charge on any atom is -0.456 e. The summed E-state index contributed by atoms with van der Waals surface area (Å²) in [7, 11) is 0. The maximum absolute atomic E-state index is 12.6. The van der Waals surface area contributed by atoms with Crippen LogP contribution in [0.3, 0.4) is 0 Å². The Bertz CT molecular complexity index is 1350. The predicted octanol–water partition coefficient (Wildman–Crippen LogP) is 4.74. The molecule has 1 aromatic carbocycles. The van der Waals surface area contributed by atoms with Crippen LogP contribution in [0.4, 0.5) is 11.5 Å². The molecule has 0 bridgehead atoms. The monoisotopic (exact) mass is 441 g/mol. The molecule has 4 aromatic rings. The van der Waals surface area contributed by atoms with Crippen LogP contribution < -0.4 is 15.4 Å². The summed E-state index contributed by atoms with van der Waals surface area (Å²) in [6.07, 6.45) is 5.44. The highest BCUT2D eigenvalue weighted by Crippen LogP contribution is 2.30. The molecule has 0 spiro atoms. The van der Waals surface area contributed by atoms with Crippen molar-refractivity contribution in [3.63, 3.8) is 0 Å². The second-order valence-corrected chi connectivity index (χ2v) is 8.28. The molecule has 0 aliphatic heterocycles. The number of pyridine rings is 2. The molecule has 1 aliphatic carbocycles. The molecule has 1 fully saturated rings. The van der Waals surface area contributed by atoms with E-state index in [1.54, 1.807) is 47.1 Å². The van der Waals surface area contributed by atoms with E-state index in [1.165, 1.54) is 0 Å². The fourth-order valence-corrected chi connectivity index (χ4v) is 3.59. The first kappa shape index (κ1) is 20.7. The number of aryl methyl sites for hydroxylation is 2. The van der Waals surface area contributed by atoms with Crippen molar-refractivity contribution in [3.8, 4) is 11.5 Å². The molecule has 0 saturated heterocycles. The van der Waals surface area contributed by atoms with Crippen LogP contribution in [0.15, 0.2) is 60.9 Å². The predicted molar refractivity (Wildman–Crippen MR) is 125 cm³/mol. The number of imidazole rings is 1. The van der Waals surface area contributed by atoms with Crippen LogP contribution in [-0.4, -0.2) is 26.2 Å². The second-order valence-electron chi connectivity index (χ2n) is 8.28. The van der Waals surface area contributed by atoms with E-state index in [1.807, 2.05) is 32.0 Å². The fourth-order valence-electron chi connectivity index (χ4n) is 3.59. The third-order valence-corrected chi connectivity index (χ3v) is 5.28. The number of carbonyl (C=O) groups excluding carboxylic acids is 2. The zero-order chi connectivity index (χ0) is 22.9. The Balaban J connectivity index is 1.29. The number of anilines is 2. The summed E-state index contributed by atoms with van der Waals surface area (Å²) in [5, 5.41) is 5.72. The molecule has 8 heteroatoms. The molecule has 5 rings (SSSR count). The summed E-state index contributed by atoms with van der Waals surface area (Å²) in [4.78, 5) is 33.3. The number of hydrogen-bond acceptors (Lipinski definition) is 5. The molecule has 8 nitrogen and oxygen atoms in total. The van der Waals surface area contributed by atoms with Gasteiger partial charge in [0.1, 0.15) is 22.8 Å². The third-order valence-electron chi connectivity index (χ3n) is 5.28. The molecule has 0 atom stereocenters. The van der Waals surface area contributed by atoms with Gasteiger partial charge in [0.25, 0.3) is 5.91 Å². The molecule has 3 heterocycles. The molecule has 33 heavy (non-hydrogen) atoms. The van der Waals surface area contributed by atoms with E-state index in [0.29, 0.717) is 34.3 Å². The van der Waals surface area contributed by atoms with Gasteiger partial charge in [-0.2, -0.15) is 0 Å². The van der Waals surface area contributed by atoms with Gasteiger partial charge >= 0.3 is 0 Å². The van der Waals surface area contributed by atoms with Gasteiger partial charge in [0.05, 0.1) is 12.4 Å². The minimum absolute atomic E-state index is 0.0183. The molecular weight excluding hydrogens is 418 g/mol. The van der Waals surface area contributed by atoms with Crippen molar-refractivity contribution in [1.82, 2.24) is 14.4 Å². The number of benzene rings is 1. The molecule has 0 unspecified atom stereocenters. The maximum Gasteiger partial charge on any atom is 0.274 e. The van der Waals surface area contributed by atoms with Gasteiger partial charge in [0.15, 0.2) is 5.82 Å². The standard InChI is InChI=1S/C25H23N5O3/c1-15-10-16(2)26-21(11-15)25(32)27-18-4-3-5-19(12-18)33-20-8-9-23-28-22(14-30(23)13-20)29-24(31)17-6-7-17/h3-5,8-14,17H,6-7H2,1-2H3,(H,27,32)(H,29,31). The minimum atomic E-state index is -0.278. The molecule has 1 aliphatic rings. The number of nitrogens with zero attached hydrogens (tertiary/aromatic N) is 3. The van der Waals surface area contributed by atoms with E-state index < -0.39 is 0 Å². The zero-order valence-corrected chi connectivity index (χ0v) is 18.3. The van der Waals surface area contributed by atoms with Crippen LogP contribution in [0.5, 0.6) is 11.5 Å². The molecular formula is C25H23N5O3. The Morgan fingerprint density at radius 1 is 0.970 bits per heavy atom. The quantitative estimate of drug-likeness (QED) is 0.450. The Morgan fingerprint density at radius 3 is 2.61 bits per heavy atom. The highest BCUT2D eigenvalue weighted by atomic mass is 16.5. The lowest BCUT2D eigenvalue weighted by atomic mass is 10.2. The van der Waals surface area contributed by atoms with Gasteiger partial charge in [0, 0.05) is 23.4 Å². The topological polar surface area (TPSA) is 97.6 Å². The van der Waals surface area contributed by atoms with Crippen molar-refractivity contribution in [2.45, 2.75) is 26.7 Å². The lowest BCUT2D eigenvalue weighted by molar-refractivity contribution is -0.117. The summed E-state index contributed by atoms with van der Waals surface area (Å²) in [5.74, 6) is 1.55. The number of amides is 2. The van der Waals surface area contributed by atoms with Gasteiger partial charge in [-0.25, -0.2) is 9.97 Å². The van der Waals surface area contributed by atoms with Crippen LogP contribution in [0, 0.1) is 19.8 Å². The van der Waals surface area contributed by atoms with Crippen LogP contribution in [-0.2, 0) is 4.79 Å². The molecule has 1 saturated carbocycles. The van der Waals surface area contributed by atoms with Crippen LogP contribution >= 0.6 is 0 Å². The van der Waals surface area contributed by atoms with Gasteiger partial charge in [-0.15, -0.1) is 0 Å². The molecule has 2 amide bonds. The van der Waals surface area contributed by atoms with E-state index in [-0.39, 0.29) is 17.7 Å². The second kappa shape index (κ2) is 8.38. The number of rotatable bonds is 6. The van der Waals surface area contributed by atoms with Crippen molar-refractivity contribution < 1.29 is 14.3 Å². The van der Waals surface area contributed by atoms with Gasteiger partial charge in [-0.05, 0) is 68.7 Å². The zero-order valence-electron chi connectivity index (χ0n) is 18.3. The fraction of sp³-hybridized carbons (Fsp3) is 0.200. The number of hydrogen-bond donors (Lipinski definition) is 2. The third kappa shape index (κ3) is 4.85. The summed E-state index contributed by atoms with van der Waals surface area (Å²) in [5.41, 5.74) is 3.45. The summed E-state index contributed by atoms with van der Waals surface area (Å²) in [6, 6.07) is 14.5. The molecule has 3 aromatic heterocycles. The Labute approximate surface area is 190 Å². The lowest BCUT2D eigenvalue weighted by Gasteiger charge is -2.10. The van der Waals surface area contributed by atoms with Crippen molar-refractivity contribution in [1.29, 1.82) is 0 Å². The van der Waals surface area contributed by atoms with Crippen molar-refractivity contribution in [2.75, 3.05) is 10.6 Å². The van der Waals surface area contributed by atoms with Gasteiger partial charge in [0.2, 0.25) is 5.91 Å². The Morgan fingerprint density at radius 2 is 1.82 bits per heavy atom. The van der Waals surface area contributed by atoms with Gasteiger partial charge in [-0.1, -0.05) is 6.07 Å². The van der Waals surface area contributed by atoms with E-state index in [2.05, 4.69) is 20.6 Å². The SMILES string of the molecule is Cc1cc(C)nc(C(=O)Nc2cccc(Oc3ccc4nc(NC(=O)C5CC5)cn4c3)c2)c1. The maximum atomic E-state index is 12.6. The van der Waals surface area contributed by atoms with Crippen molar-refractivity contribution >= 4 is 29.0 Å². The number of nitrogens with one attached hydrogen (secondary N) is 2. The first-order valence-corrected chi connectivity index (χ1v) is 10.8. The first-order valence-electron chi connectivity index (χ1n) is 10.8. The first-order chi connectivity index (χ1) is 15.9. The highest BCUT2D eigenvalue weighted by molar-refractivity contribution is 6.03. The van der Waals surface area contributed by atoms with Crippen LogP contribution in [0.2, 0.25) is 0 Å². The van der Waals surface area contributed by atoms with Gasteiger partial charge in [-0.3, -0.25) is 9.59 Å². The average molecular weight is 441 g/mol. The number of aromatic nitrogens is 3. The van der Waals surface area contributed by atoms with Crippen LogP contribution in [0.1, 0.15) is 34.6 Å². The van der Waals surface area contributed by atoms with Crippen molar-refractivity contribution in [3.05, 3.63) is 77.9 Å². The summed E-state index contributed by atoms with van der Waals surface area (Å²) >= 11 is 0. The van der Waals surface area contributed by atoms with E-state index in [4.69, 9.17) is 4.74 Å². The summed E-state index contributed by atoms with van der Waals surface area (Å²) < 4.78 is 7.79. The lowest BCUT2D eigenvalue weighted by Crippen LogP contribution is -2.14. The number of carbonyl (C=O) groups is 2. The van der Waals surface area contributed by atoms with E-state index in [9.17, 15) is 9.59 Å². The van der Waals surface area contributed by atoms with Gasteiger partial charge < -0.3 is 19.8 Å². The van der Waals surface area contributed by atoms with Crippen molar-refractivity contribution in [2.24, 2.45) is 5.92 Å². The largest absolute Gasteiger partial charge is 0.456 e.